The van der Waals surface area contributed by atoms with E-state index in [0.717, 1.165) is 28.2 Å². The highest BCUT2D eigenvalue weighted by atomic mass is 16.3. The Hall–Kier alpha value is -2.96. The first-order chi connectivity index (χ1) is 10.0. The Morgan fingerprint density at radius 3 is 2.71 bits per heavy atom. The molecule has 2 aromatic heterocycles. The number of aryl methyl sites for hydroxylation is 2. The summed E-state index contributed by atoms with van der Waals surface area (Å²) in [6.07, 6.45) is 0. The highest BCUT2D eigenvalue weighted by Crippen LogP contribution is 2.19. The van der Waals surface area contributed by atoms with Gasteiger partial charge in [-0.2, -0.15) is 4.98 Å². The summed E-state index contributed by atoms with van der Waals surface area (Å²) in [6, 6.07) is 6.91. The van der Waals surface area contributed by atoms with Crippen LogP contribution in [0.1, 0.15) is 11.3 Å². The van der Waals surface area contributed by atoms with E-state index in [4.69, 9.17) is 0 Å². The van der Waals surface area contributed by atoms with Gasteiger partial charge in [0.05, 0.1) is 17.3 Å². The van der Waals surface area contributed by atoms with Crippen molar-refractivity contribution >= 4 is 22.8 Å². The van der Waals surface area contributed by atoms with Crippen molar-refractivity contribution in [3.8, 4) is 5.88 Å². The molecule has 0 saturated heterocycles. The molecule has 0 amide bonds. The van der Waals surface area contributed by atoms with E-state index in [2.05, 4.69) is 25.3 Å². The number of hydrogen-bond donors (Lipinski definition) is 3. The third kappa shape index (κ3) is 2.66. The Labute approximate surface area is 119 Å². The molecule has 21 heavy (non-hydrogen) atoms. The lowest BCUT2D eigenvalue weighted by molar-refractivity contribution is 0.452. The molecule has 0 fully saturated rings. The number of rotatable bonds is 2. The summed E-state index contributed by atoms with van der Waals surface area (Å²) in [6.45, 7) is 3.86. The molecule has 0 spiro atoms. The van der Waals surface area contributed by atoms with Gasteiger partial charge in [0.1, 0.15) is 0 Å². The van der Waals surface area contributed by atoms with E-state index >= 15 is 0 Å². The Morgan fingerprint density at radius 2 is 1.95 bits per heavy atom. The molecule has 0 atom stereocenters. The van der Waals surface area contributed by atoms with Crippen molar-refractivity contribution in [3.63, 3.8) is 0 Å². The number of nitrogens with zero attached hydrogens (tertiary/aromatic N) is 3. The molecule has 0 aliphatic rings. The molecule has 0 aliphatic carbocycles. The van der Waals surface area contributed by atoms with Crippen molar-refractivity contribution in [1.29, 1.82) is 0 Å². The van der Waals surface area contributed by atoms with Gasteiger partial charge in [0.25, 0.3) is 5.56 Å². The molecule has 3 rings (SSSR count). The number of benzene rings is 1. The molecule has 0 radical (unpaired) electrons. The Kier molecular flexibility index (Phi) is 3.02. The van der Waals surface area contributed by atoms with E-state index in [9.17, 15) is 9.90 Å². The Balaban J connectivity index is 2.06. The van der Waals surface area contributed by atoms with Crippen molar-refractivity contribution in [2.24, 2.45) is 0 Å². The summed E-state index contributed by atoms with van der Waals surface area (Å²) in [7, 11) is 0. The lowest BCUT2D eigenvalue weighted by Gasteiger charge is -2.07. The molecule has 0 aliphatic heterocycles. The summed E-state index contributed by atoms with van der Waals surface area (Å²) < 4.78 is 0. The van der Waals surface area contributed by atoms with Gasteiger partial charge in [-0.15, -0.1) is 0 Å². The predicted octanol–water partition coefficient (Wildman–Crippen LogP) is 1.78. The van der Waals surface area contributed by atoms with Crippen LogP contribution in [0.3, 0.4) is 0 Å². The van der Waals surface area contributed by atoms with Gasteiger partial charge in [0.2, 0.25) is 17.8 Å². The minimum absolute atomic E-state index is 0.0893. The predicted molar refractivity (Wildman–Crippen MR) is 78.8 cm³/mol. The zero-order valence-corrected chi connectivity index (χ0v) is 11.5. The van der Waals surface area contributed by atoms with E-state index in [1.807, 2.05) is 32.0 Å². The van der Waals surface area contributed by atoms with E-state index in [0.29, 0.717) is 5.95 Å². The molecule has 3 N–H and O–H groups in total. The molecule has 0 saturated carbocycles. The van der Waals surface area contributed by atoms with Gasteiger partial charge in [0, 0.05) is 5.39 Å². The zero-order chi connectivity index (χ0) is 15.0. The summed E-state index contributed by atoms with van der Waals surface area (Å²) >= 11 is 0. The average Bonchev–Trinajstić information content (AvgIpc) is 2.36. The molecule has 7 heteroatoms. The van der Waals surface area contributed by atoms with Gasteiger partial charge in [-0.3, -0.25) is 15.1 Å². The lowest BCUT2D eigenvalue weighted by atomic mass is 10.1. The quantitative estimate of drug-likeness (QED) is 0.662. The minimum Gasteiger partial charge on any atom is -0.493 e. The van der Waals surface area contributed by atoms with E-state index in [1.165, 1.54) is 0 Å². The number of aromatic nitrogens is 4. The second-order valence-corrected chi connectivity index (χ2v) is 4.73. The standard InChI is InChI=1S/C14H13N5O2/c1-7-3-4-9-8(2)15-13(16-10(9)5-7)19-14-17-11(20)6-12(21)18-14/h3-6H,1-2H3,(H3,15,16,17,18,19,20,21). The number of H-pyrrole nitrogens is 1. The Bertz CT molecular complexity index is 888. The van der Waals surface area contributed by atoms with E-state index in [1.54, 1.807) is 0 Å². The number of nitrogens with one attached hydrogen (secondary N) is 2. The molecule has 7 nitrogen and oxygen atoms in total. The van der Waals surface area contributed by atoms with Crippen LogP contribution in [0.4, 0.5) is 11.9 Å². The fourth-order valence-electron chi connectivity index (χ4n) is 2.06. The van der Waals surface area contributed by atoms with E-state index in [-0.39, 0.29) is 11.8 Å². The second kappa shape index (κ2) is 4.86. The monoisotopic (exact) mass is 283 g/mol. The van der Waals surface area contributed by atoms with Gasteiger partial charge in [-0.1, -0.05) is 12.1 Å². The van der Waals surface area contributed by atoms with Crippen molar-refractivity contribution in [2.45, 2.75) is 13.8 Å². The van der Waals surface area contributed by atoms with Crippen molar-refractivity contribution < 1.29 is 5.11 Å². The molecular formula is C14H13N5O2. The van der Waals surface area contributed by atoms with Crippen LogP contribution in [-0.2, 0) is 0 Å². The molecular weight excluding hydrogens is 270 g/mol. The van der Waals surface area contributed by atoms with Gasteiger partial charge >= 0.3 is 0 Å². The Morgan fingerprint density at radius 1 is 1.14 bits per heavy atom. The number of aromatic amines is 1. The largest absolute Gasteiger partial charge is 0.493 e. The van der Waals surface area contributed by atoms with Crippen molar-refractivity contribution in [2.75, 3.05) is 5.32 Å². The lowest BCUT2D eigenvalue weighted by Crippen LogP contribution is -2.10. The maximum absolute atomic E-state index is 11.3. The average molecular weight is 283 g/mol. The van der Waals surface area contributed by atoms with Gasteiger partial charge in [-0.05, 0) is 25.5 Å². The van der Waals surface area contributed by atoms with Crippen molar-refractivity contribution in [3.05, 3.63) is 45.9 Å². The first-order valence-corrected chi connectivity index (χ1v) is 6.33. The fourth-order valence-corrected chi connectivity index (χ4v) is 2.06. The summed E-state index contributed by atoms with van der Waals surface area (Å²) in [5.41, 5.74) is 2.24. The molecule has 3 aromatic rings. The topological polar surface area (TPSA) is 104 Å². The van der Waals surface area contributed by atoms with Crippen LogP contribution in [0.5, 0.6) is 5.88 Å². The summed E-state index contributed by atoms with van der Waals surface area (Å²) in [4.78, 5) is 26.2. The second-order valence-electron chi connectivity index (χ2n) is 4.73. The molecule has 0 unspecified atom stereocenters. The van der Waals surface area contributed by atoms with E-state index < -0.39 is 5.56 Å². The van der Waals surface area contributed by atoms with Crippen LogP contribution >= 0.6 is 0 Å². The van der Waals surface area contributed by atoms with Gasteiger partial charge in [0.15, 0.2) is 0 Å². The van der Waals surface area contributed by atoms with Crippen LogP contribution in [0.2, 0.25) is 0 Å². The third-order valence-electron chi connectivity index (χ3n) is 3.00. The molecule has 106 valence electrons. The smallest absolute Gasteiger partial charge is 0.256 e. The van der Waals surface area contributed by atoms with Crippen LogP contribution in [0, 0.1) is 13.8 Å². The first-order valence-electron chi connectivity index (χ1n) is 6.33. The normalized spacial score (nSPS) is 10.8. The fraction of sp³-hybridized carbons (Fsp3) is 0.143. The van der Waals surface area contributed by atoms with Crippen LogP contribution in [-0.4, -0.2) is 25.0 Å². The molecule has 1 aromatic carbocycles. The number of hydrogen-bond acceptors (Lipinski definition) is 6. The SMILES string of the molecule is Cc1ccc2c(C)nc(Nc3nc(O)cc(=O)[nH]3)nc2c1. The molecule has 0 bridgehead atoms. The highest BCUT2D eigenvalue weighted by molar-refractivity contribution is 5.82. The van der Waals surface area contributed by atoms with Gasteiger partial charge < -0.3 is 5.11 Å². The maximum Gasteiger partial charge on any atom is 0.256 e. The number of aromatic hydroxyl groups is 1. The van der Waals surface area contributed by atoms with Crippen LogP contribution < -0.4 is 10.9 Å². The van der Waals surface area contributed by atoms with Crippen LogP contribution in [0.15, 0.2) is 29.1 Å². The summed E-state index contributed by atoms with van der Waals surface area (Å²) in [5, 5.41) is 13.1. The van der Waals surface area contributed by atoms with Crippen molar-refractivity contribution in [1.82, 2.24) is 19.9 Å². The first kappa shape index (κ1) is 13.0. The number of fused-ring (bicyclic) bond motifs is 1. The third-order valence-corrected chi connectivity index (χ3v) is 3.00. The minimum atomic E-state index is -0.460. The molecule has 2 heterocycles. The maximum atomic E-state index is 11.3. The van der Waals surface area contributed by atoms with Gasteiger partial charge in [-0.25, -0.2) is 9.97 Å². The summed E-state index contributed by atoms with van der Waals surface area (Å²) in [5.74, 6) is 0.0281. The zero-order valence-electron chi connectivity index (χ0n) is 11.5. The van der Waals surface area contributed by atoms with Crippen LogP contribution in [0.25, 0.3) is 10.9 Å². The highest BCUT2D eigenvalue weighted by Gasteiger charge is 2.07. The number of anilines is 2.